The number of carbonyl (C=O) groups excluding carboxylic acids is 1. The van der Waals surface area contributed by atoms with Crippen molar-refractivity contribution in [1.29, 1.82) is 0 Å². The Labute approximate surface area is 172 Å². The second-order valence-corrected chi connectivity index (χ2v) is 8.67. The van der Waals surface area contributed by atoms with Crippen molar-refractivity contribution in [3.05, 3.63) is 71.9 Å². The molecule has 0 unspecified atom stereocenters. The molecular formula is C21H20F2N2O4S. The van der Waals surface area contributed by atoms with Crippen LogP contribution >= 0.6 is 0 Å². The maximum Gasteiger partial charge on any atom is 0.324 e. The van der Waals surface area contributed by atoms with Gasteiger partial charge in [-0.1, -0.05) is 32.0 Å². The number of pyridine rings is 1. The van der Waals surface area contributed by atoms with Crippen LogP contribution in [0.4, 0.5) is 8.78 Å². The van der Waals surface area contributed by atoms with Crippen LogP contribution in [0.25, 0.3) is 10.9 Å². The number of aromatic nitrogens is 1. The van der Waals surface area contributed by atoms with E-state index in [1.807, 2.05) is 0 Å². The van der Waals surface area contributed by atoms with Crippen LogP contribution in [0, 0.1) is 17.6 Å². The van der Waals surface area contributed by atoms with E-state index in [0.29, 0.717) is 11.1 Å². The molecule has 0 aliphatic rings. The van der Waals surface area contributed by atoms with Crippen LogP contribution in [0.15, 0.2) is 59.6 Å². The van der Waals surface area contributed by atoms with Gasteiger partial charge in [-0.2, -0.15) is 4.72 Å². The van der Waals surface area contributed by atoms with E-state index in [2.05, 4.69) is 9.71 Å². The molecule has 3 rings (SSSR count). The van der Waals surface area contributed by atoms with Crippen LogP contribution in [-0.4, -0.2) is 25.4 Å². The van der Waals surface area contributed by atoms with Crippen molar-refractivity contribution in [3.8, 4) is 0 Å². The minimum atomic E-state index is -4.29. The summed E-state index contributed by atoms with van der Waals surface area (Å²) in [6, 6.07) is 9.47. The first-order valence-electron chi connectivity index (χ1n) is 9.16. The van der Waals surface area contributed by atoms with E-state index >= 15 is 0 Å². The van der Waals surface area contributed by atoms with E-state index in [0.717, 1.165) is 12.1 Å². The molecule has 3 aromatic rings. The largest absolute Gasteiger partial charge is 0.460 e. The van der Waals surface area contributed by atoms with Crippen molar-refractivity contribution in [2.45, 2.75) is 31.4 Å². The van der Waals surface area contributed by atoms with Gasteiger partial charge in [-0.15, -0.1) is 0 Å². The van der Waals surface area contributed by atoms with E-state index in [1.165, 1.54) is 30.5 Å². The Morgan fingerprint density at radius 1 is 1.07 bits per heavy atom. The van der Waals surface area contributed by atoms with E-state index in [9.17, 15) is 22.0 Å². The van der Waals surface area contributed by atoms with Crippen molar-refractivity contribution in [3.63, 3.8) is 0 Å². The van der Waals surface area contributed by atoms with Gasteiger partial charge in [-0.05, 0) is 36.2 Å². The number of rotatable bonds is 7. The van der Waals surface area contributed by atoms with E-state index in [1.54, 1.807) is 26.0 Å². The topological polar surface area (TPSA) is 85.4 Å². The summed E-state index contributed by atoms with van der Waals surface area (Å²) in [7, 11) is -4.29. The number of halogens is 2. The molecule has 1 atom stereocenters. The second-order valence-electron chi connectivity index (χ2n) is 6.99. The Kier molecular flexibility index (Phi) is 6.42. The normalized spacial score (nSPS) is 12.8. The van der Waals surface area contributed by atoms with Crippen LogP contribution in [0.5, 0.6) is 0 Å². The number of hydrogen-bond acceptors (Lipinski definition) is 5. The lowest BCUT2D eigenvalue weighted by molar-refractivity contribution is -0.148. The van der Waals surface area contributed by atoms with Crippen molar-refractivity contribution < 1.29 is 26.7 Å². The lowest BCUT2D eigenvalue weighted by atomic mass is 10.1. The molecular weight excluding hydrogens is 414 g/mol. The number of hydrogen-bond donors (Lipinski definition) is 1. The Morgan fingerprint density at radius 2 is 1.80 bits per heavy atom. The minimum absolute atomic E-state index is 0.225. The number of carbonyl (C=O) groups is 1. The van der Waals surface area contributed by atoms with Gasteiger partial charge >= 0.3 is 5.97 Å². The number of sulfonamides is 1. The molecule has 0 radical (unpaired) electrons. The minimum Gasteiger partial charge on any atom is -0.460 e. The Morgan fingerprint density at radius 3 is 2.50 bits per heavy atom. The summed E-state index contributed by atoms with van der Waals surface area (Å²) in [5.74, 6) is -2.68. The van der Waals surface area contributed by atoms with Gasteiger partial charge in [0.1, 0.15) is 29.2 Å². The third-order valence-corrected chi connectivity index (χ3v) is 5.97. The first-order chi connectivity index (χ1) is 14.2. The molecule has 0 spiro atoms. The Balaban J connectivity index is 1.79. The number of ether oxygens (including phenoxy) is 1. The van der Waals surface area contributed by atoms with Crippen LogP contribution in [0.2, 0.25) is 0 Å². The van der Waals surface area contributed by atoms with Gasteiger partial charge in [0.15, 0.2) is 0 Å². The fourth-order valence-corrected chi connectivity index (χ4v) is 4.31. The highest BCUT2D eigenvalue weighted by Crippen LogP contribution is 2.21. The lowest BCUT2D eigenvalue weighted by Gasteiger charge is -2.21. The molecule has 30 heavy (non-hydrogen) atoms. The van der Waals surface area contributed by atoms with Gasteiger partial charge in [0.2, 0.25) is 10.0 Å². The summed E-state index contributed by atoms with van der Waals surface area (Å²) >= 11 is 0. The zero-order valence-corrected chi connectivity index (χ0v) is 17.1. The zero-order chi connectivity index (χ0) is 21.9. The molecule has 0 saturated carbocycles. The van der Waals surface area contributed by atoms with Gasteiger partial charge in [-0.25, -0.2) is 17.2 Å². The summed E-state index contributed by atoms with van der Waals surface area (Å²) < 4.78 is 60.4. The monoisotopic (exact) mass is 434 g/mol. The highest BCUT2D eigenvalue weighted by molar-refractivity contribution is 7.89. The van der Waals surface area contributed by atoms with Crippen LogP contribution < -0.4 is 4.72 Å². The molecule has 2 aromatic carbocycles. The van der Waals surface area contributed by atoms with Gasteiger partial charge in [0.05, 0.1) is 5.52 Å². The Bertz CT molecular complexity index is 1180. The van der Waals surface area contributed by atoms with Gasteiger partial charge < -0.3 is 4.74 Å². The molecule has 0 amide bonds. The fraction of sp³-hybridized carbons (Fsp3) is 0.238. The van der Waals surface area contributed by atoms with Crippen LogP contribution in [0.3, 0.4) is 0 Å². The quantitative estimate of drug-likeness (QED) is 0.575. The predicted molar refractivity (Wildman–Crippen MR) is 107 cm³/mol. The zero-order valence-electron chi connectivity index (χ0n) is 16.3. The van der Waals surface area contributed by atoms with Crippen LogP contribution in [0.1, 0.15) is 19.4 Å². The van der Waals surface area contributed by atoms with Gasteiger partial charge in [-0.3, -0.25) is 9.78 Å². The third kappa shape index (κ3) is 4.63. The predicted octanol–water partition coefficient (Wildman–Crippen LogP) is 3.56. The number of fused-ring (bicyclic) bond motifs is 1. The molecule has 0 aliphatic carbocycles. The average molecular weight is 434 g/mol. The molecule has 0 aliphatic heterocycles. The highest BCUT2D eigenvalue weighted by atomic mass is 32.2. The van der Waals surface area contributed by atoms with Crippen molar-refractivity contribution in [1.82, 2.24) is 9.71 Å². The smallest absolute Gasteiger partial charge is 0.324 e. The third-order valence-electron chi connectivity index (χ3n) is 4.50. The summed E-state index contributed by atoms with van der Waals surface area (Å²) in [5.41, 5.74) is 0.818. The number of esters is 1. The van der Waals surface area contributed by atoms with Crippen molar-refractivity contribution in [2.24, 2.45) is 5.92 Å². The van der Waals surface area contributed by atoms with Crippen LogP contribution in [-0.2, 0) is 26.2 Å². The van der Waals surface area contributed by atoms with Gasteiger partial charge in [0, 0.05) is 17.1 Å². The molecule has 0 fully saturated rings. The summed E-state index contributed by atoms with van der Waals surface area (Å²) in [5, 5.41) is 0.284. The van der Waals surface area contributed by atoms with E-state index in [4.69, 9.17) is 4.74 Å². The van der Waals surface area contributed by atoms with E-state index < -0.39 is 44.5 Å². The first-order valence-corrected chi connectivity index (χ1v) is 10.6. The average Bonchev–Trinajstić information content (AvgIpc) is 2.71. The number of benzene rings is 2. The first kappa shape index (κ1) is 21.8. The maximum atomic E-state index is 13.9. The Hall–Kier alpha value is -2.91. The molecule has 1 N–H and O–H groups in total. The summed E-state index contributed by atoms with van der Waals surface area (Å²) in [6.45, 7) is 3.03. The van der Waals surface area contributed by atoms with Gasteiger partial charge in [0.25, 0.3) is 0 Å². The van der Waals surface area contributed by atoms with Crippen molar-refractivity contribution >= 4 is 26.9 Å². The molecule has 0 bridgehead atoms. The summed E-state index contributed by atoms with van der Waals surface area (Å²) in [6.07, 6.45) is 1.49. The molecule has 0 saturated heterocycles. The molecule has 6 nitrogen and oxygen atoms in total. The molecule has 1 aromatic heterocycles. The SMILES string of the molecule is CC(C)[C@H](NS(=O)(=O)c1ccccc1F)C(=O)OCc1ccc(F)c2cccnc12. The fourth-order valence-electron chi connectivity index (χ4n) is 2.90. The standard InChI is InChI=1S/C21H20F2N2O4S/c1-13(2)19(25-30(27,28)18-8-4-3-7-17(18)23)21(26)29-12-14-9-10-16(22)15-6-5-11-24-20(14)15/h3-11,13,19,25H,12H2,1-2H3/t19-/m0/s1. The number of nitrogens with zero attached hydrogens (tertiary/aromatic N) is 1. The van der Waals surface area contributed by atoms with E-state index in [-0.39, 0.29) is 12.0 Å². The maximum absolute atomic E-state index is 13.9. The molecule has 9 heteroatoms. The lowest BCUT2D eigenvalue weighted by Crippen LogP contribution is -2.45. The molecule has 158 valence electrons. The second kappa shape index (κ2) is 8.85. The number of nitrogens with one attached hydrogen (secondary N) is 1. The highest BCUT2D eigenvalue weighted by Gasteiger charge is 2.31. The molecule has 1 heterocycles. The van der Waals surface area contributed by atoms with Crippen molar-refractivity contribution in [2.75, 3.05) is 0 Å². The summed E-state index contributed by atoms with van der Waals surface area (Å²) in [4.78, 5) is 16.2.